The van der Waals surface area contributed by atoms with Crippen molar-refractivity contribution in [1.29, 1.82) is 0 Å². The molecule has 4 aromatic rings. The second kappa shape index (κ2) is 10.8. The summed E-state index contributed by atoms with van der Waals surface area (Å²) in [5.74, 6) is 0.244. The van der Waals surface area contributed by atoms with Gasteiger partial charge in [0, 0.05) is 11.8 Å². The molecule has 2 heteroatoms. The van der Waals surface area contributed by atoms with Gasteiger partial charge in [-0.1, -0.05) is 128 Å². The van der Waals surface area contributed by atoms with E-state index in [0.29, 0.717) is 6.42 Å². The van der Waals surface area contributed by atoms with E-state index >= 15 is 0 Å². The van der Waals surface area contributed by atoms with Crippen LogP contribution in [-0.4, -0.2) is 5.66 Å². The molecule has 0 saturated heterocycles. The molecule has 2 nitrogen and oxygen atoms in total. The van der Waals surface area contributed by atoms with Gasteiger partial charge in [-0.05, 0) is 47.4 Å². The first-order chi connectivity index (χ1) is 16.5. The summed E-state index contributed by atoms with van der Waals surface area (Å²) in [6.07, 6.45) is 3.17. The molecular weight excluding hydrogens is 412 g/mol. The Labute approximate surface area is 204 Å². The summed E-state index contributed by atoms with van der Waals surface area (Å²) in [5.41, 5.74) is 18.2. The molecule has 1 unspecified atom stereocenters. The maximum absolute atomic E-state index is 7.26. The normalized spacial score (nSPS) is 12.9. The van der Waals surface area contributed by atoms with Gasteiger partial charge < -0.3 is 11.5 Å². The van der Waals surface area contributed by atoms with Crippen molar-refractivity contribution < 1.29 is 0 Å². The summed E-state index contributed by atoms with van der Waals surface area (Å²) < 4.78 is 0. The lowest BCUT2D eigenvalue weighted by atomic mass is 9.58. The van der Waals surface area contributed by atoms with Gasteiger partial charge in [-0.3, -0.25) is 0 Å². The van der Waals surface area contributed by atoms with Crippen LogP contribution in [0.3, 0.4) is 0 Å². The van der Waals surface area contributed by atoms with E-state index in [0.717, 1.165) is 19.3 Å². The van der Waals surface area contributed by atoms with Crippen LogP contribution >= 0.6 is 0 Å². The van der Waals surface area contributed by atoms with E-state index in [4.69, 9.17) is 11.5 Å². The fourth-order valence-corrected chi connectivity index (χ4v) is 5.39. The van der Waals surface area contributed by atoms with Gasteiger partial charge in [0.2, 0.25) is 0 Å². The Morgan fingerprint density at radius 2 is 0.824 bits per heavy atom. The molecule has 0 radical (unpaired) electrons. The minimum Gasteiger partial charge on any atom is -0.313 e. The Hall–Kier alpha value is -3.20. The molecule has 0 saturated carbocycles. The lowest BCUT2D eigenvalue weighted by molar-refractivity contribution is 0.0514. The third-order valence-corrected chi connectivity index (χ3v) is 7.32. The van der Waals surface area contributed by atoms with Crippen LogP contribution in [0.15, 0.2) is 121 Å². The molecule has 0 bridgehead atoms. The lowest BCUT2D eigenvalue weighted by Crippen LogP contribution is -2.68. The molecule has 4 aromatic carbocycles. The third kappa shape index (κ3) is 5.64. The highest BCUT2D eigenvalue weighted by Gasteiger charge is 2.49. The topological polar surface area (TPSA) is 52.0 Å². The summed E-state index contributed by atoms with van der Waals surface area (Å²) in [7, 11) is 0. The predicted molar refractivity (Wildman–Crippen MR) is 143 cm³/mol. The van der Waals surface area contributed by atoms with E-state index in [9.17, 15) is 0 Å². The summed E-state index contributed by atoms with van der Waals surface area (Å²) in [6.45, 7) is 2.33. The third-order valence-electron chi connectivity index (χ3n) is 7.32. The average molecular weight is 449 g/mol. The molecular formula is C32H36N2. The Morgan fingerprint density at radius 1 is 0.500 bits per heavy atom. The molecule has 0 aromatic heterocycles. The Balaban J connectivity index is 1.81. The smallest absolute Gasteiger partial charge is 0.0744 e. The van der Waals surface area contributed by atoms with E-state index < -0.39 is 5.66 Å². The van der Waals surface area contributed by atoms with Crippen LogP contribution in [0.1, 0.15) is 29.2 Å². The van der Waals surface area contributed by atoms with Crippen molar-refractivity contribution in [2.24, 2.45) is 22.8 Å². The van der Waals surface area contributed by atoms with Gasteiger partial charge in [0.25, 0.3) is 0 Å². The fourth-order valence-electron chi connectivity index (χ4n) is 5.39. The van der Waals surface area contributed by atoms with Crippen LogP contribution < -0.4 is 11.5 Å². The Kier molecular flexibility index (Phi) is 7.62. The number of benzene rings is 4. The second-order valence-electron chi connectivity index (χ2n) is 9.77. The van der Waals surface area contributed by atoms with Gasteiger partial charge >= 0.3 is 0 Å². The van der Waals surface area contributed by atoms with E-state index in [1.807, 2.05) is 6.07 Å². The van der Waals surface area contributed by atoms with E-state index in [1.54, 1.807) is 0 Å². The predicted octanol–water partition coefficient (Wildman–Crippen LogP) is 6.19. The zero-order chi connectivity index (χ0) is 23.9. The highest BCUT2D eigenvalue weighted by Crippen LogP contribution is 2.44. The van der Waals surface area contributed by atoms with Crippen LogP contribution in [0.25, 0.3) is 0 Å². The first-order valence-corrected chi connectivity index (χ1v) is 12.2. The molecule has 0 amide bonds. The molecule has 4 N–H and O–H groups in total. The van der Waals surface area contributed by atoms with Gasteiger partial charge in [-0.2, -0.15) is 0 Å². The van der Waals surface area contributed by atoms with Crippen molar-refractivity contribution in [2.75, 3.05) is 0 Å². The maximum Gasteiger partial charge on any atom is 0.0744 e. The van der Waals surface area contributed by atoms with Crippen molar-refractivity contribution in [3.8, 4) is 0 Å². The zero-order valence-electron chi connectivity index (χ0n) is 20.1. The zero-order valence-corrected chi connectivity index (χ0v) is 20.1. The van der Waals surface area contributed by atoms with Crippen LogP contribution in [0, 0.1) is 11.3 Å². The minimum atomic E-state index is -0.922. The van der Waals surface area contributed by atoms with E-state index in [1.165, 1.54) is 22.3 Å². The molecule has 0 aliphatic rings. The van der Waals surface area contributed by atoms with Gasteiger partial charge in [0.15, 0.2) is 0 Å². The molecule has 174 valence electrons. The highest BCUT2D eigenvalue weighted by atomic mass is 15.0. The van der Waals surface area contributed by atoms with Crippen molar-refractivity contribution in [1.82, 2.24) is 0 Å². The van der Waals surface area contributed by atoms with Crippen molar-refractivity contribution in [2.45, 2.75) is 38.3 Å². The monoisotopic (exact) mass is 448 g/mol. The second-order valence-corrected chi connectivity index (χ2v) is 9.77. The number of rotatable bonds is 10. The Morgan fingerprint density at radius 3 is 1.21 bits per heavy atom. The van der Waals surface area contributed by atoms with Crippen LogP contribution in [0.2, 0.25) is 0 Å². The molecule has 0 aliphatic heterocycles. The van der Waals surface area contributed by atoms with Crippen molar-refractivity contribution in [3.63, 3.8) is 0 Å². The first-order valence-electron chi connectivity index (χ1n) is 12.2. The summed E-state index contributed by atoms with van der Waals surface area (Å²) >= 11 is 0. The van der Waals surface area contributed by atoms with Crippen LogP contribution in [0.5, 0.6) is 0 Å². The molecule has 0 fully saturated rings. The average Bonchev–Trinajstić information content (AvgIpc) is 2.86. The summed E-state index contributed by atoms with van der Waals surface area (Å²) in [5, 5.41) is 0. The van der Waals surface area contributed by atoms with Gasteiger partial charge in [-0.15, -0.1) is 0 Å². The fraction of sp³-hybridized carbons (Fsp3) is 0.250. The highest BCUT2D eigenvalue weighted by molar-refractivity contribution is 5.28. The van der Waals surface area contributed by atoms with Crippen molar-refractivity contribution in [3.05, 3.63) is 144 Å². The molecule has 0 aliphatic carbocycles. The number of hydrogen-bond donors (Lipinski definition) is 2. The lowest BCUT2D eigenvalue weighted by Gasteiger charge is -2.51. The van der Waals surface area contributed by atoms with Crippen molar-refractivity contribution >= 4 is 0 Å². The SMILES string of the molecule is CC(Cc1ccccc1)C(Cc1ccccc1)(Cc1ccccc1)C(N)(N)Cc1ccccc1. The van der Waals surface area contributed by atoms with Gasteiger partial charge in [0.1, 0.15) is 0 Å². The maximum atomic E-state index is 7.26. The van der Waals surface area contributed by atoms with Crippen LogP contribution in [0.4, 0.5) is 0 Å². The summed E-state index contributed by atoms with van der Waals surface area (Å²) in [4.78, 5) is 0. The van der Waals surface area contributed by atoms with Gasteiger partial charge in [0.05, 0.1) is 5.66 Å². The summed E-state index contributed by atoms with van der Waals surface area (Å²) in [6, 6.07) is 42.5. The van der Waals surface area contributed by atoms with E-state index in [-0.39, 0.29) is 11.3 Å². The number of nitrogens with two attached hydrogens (primary N) is 2. The molecule has 1 atom stereocenters. The molecule has 4 rings (SSSR count). The quantitative estimate of drug-likeness (QED) is 0.284. The largest absolute Gasteiger partial charge is 0.313 e. The number of hydrogen-bond acceptors (Lipinski definition) is 2. The molecule has 34 heavy (non-hydrogen) atoms. The molecule has 0 spiro atoms. The Bertz CT molecular complexity index is 1080. The minimum absolute atomic E-state index is 0.244. The van der Waals surface area contributed by atoms with Crippen LogP contribution in [-0.2, 0) is 25.7 Å². The van der Waals surface area contributed by atoms with E-state index in [2.05, 4.69) is 122 Å². The standard InChI is InChI=1S/C32H36N2/c1-26(22-27-14-6-2-7-15-27)31(23-28-16-8-3-9-17-28,24-29-18-10-4-11-19-29)32(33,34)25-30-20-12-5-13-21-30/h2-21,26H,22-25,33-34H2,1H3. The first kappa shape index (κ1) is 23.9. The van der Waals surface area contributed by atoms with Gasteiger partial charge in [-0.25, -0.2) is 0 Å². The molecule has 0 heterocycles.